The fourth-order valence-corrected chi connectivity index (χ4v) is 2.48. The van der Waals surface area contributed by atoms with Gasteiger partial charge in [0.15, 0.2) is 0 Å². The van der Waals surface area contributed by atoms with Crippen LogP contribution in [0.15, 0.2) is 24.3 Å². The molecule has 1 aliphatic rings. The second kappa shape index (κ2) is 5.22. The largest absolute Gasteiger partial charge is 0.348 e. The van der Waals surface area contributed by atoms with Crippen LogP contribution in [0.25, 0.3) is 0 Å². The topological polar surface area (TPSA) is 52.9 Å². The second-order valence-electron chi connectivity index (χ2n) is 5.15. The van der Waals surface area contributed by atoms with Gasteiger partial charge in [0.25, 0.3) is 0 Å². The number of hydrogen-bond donors (Lipinski definition) is 1. The van der Waals surface area contributed by atoms with Gasteiger partial charge in [0.2, 0.25) is 5.91 Å². The average Bonchev–Trinajstić information content (AvgIpc) is 2.73. The molecule has 18 heavy (non-hydrogen) atoms. The first-order chi connectivity index (χ1) is 8.63. The molecule has 0 heterocycles. The van der Waals surface area contributed by atoms with Gasteiger partial charge in [0.1, 0.15) is 5.92 Å². The standard InChI is InChI=1S/C15H18N2O/c1-10(2)13(9-16)15(18)17-14-8-7-11-5-3-4-6-12(11)14/h3-6,10,13-14H,7-8H2,1-2H3,(H,17,18). The van der Waals surface area contributed by atoms with Crippen molar-refractivity contribution in [2.45, 2.75) is 32.7 Å². The SMILES string of the molecule is CC(C)C(C#N)C(=O)NC1CCc2ccccc21. The number of aryl methyl sites for hydroxylation is 1. The zero-order chi connectivity index (χ0) is 13.1. The summed E-state index contributed by atoms with van der Waals surface area (Å²) in [4.78, 5) is 12.0. The first-order valence-electron chi connectivity index (χ1n) is 6.41. The zero-order valence-electron chi connectivity index (χ0n) is 10.8. The number of hydrogen-bond acceptors (Lipinski definition) is 2. The Morgan fingerprint density at radius 2 is 2.17 bits per heavy atom. The van der Waals surface area contributed by atoms with Gasteiger partial charge in [0.05, 0.1) is 12.1 Å². The summed E-state index contributed by atoms with van der Waals surface area (Å²) in [5.74, 6) is -0.654. The minimum absolute atomic E-state index is 0.0478. The van der Waals surface area contributed by atoms with Gasteiger partial charge in [0, 0.05) is 0 Å². The van der Waals surface area contributed by atoms with Crippen LogP contribution in [0, 0.1) is 23.2 Å². The molecule has 0 fully saturated rings. The predicted octanol–water partition coefficient (Wildman–Crippen LogP) is 2.59. The van der Waals surface area contributed by atoms with Crippen molar-refractivity contribution in [1.29, 1.82) is 5.26 Å². The molecule has 2 atom stereocenters. The number of nitrogens with one attached hydrogen (secondary N) is 1. The molecule has 1 amide bonds. The van der Waals surface area contributed by atoms with E-state index in [2.05, 4.69) is 23.5 Å². The third-order valence-corrected chi connectivity index (χ3v) is 3.54. The number of nitriles is 1. The highest BCUT2D eigenvalue weighted by molar-refractivity contribution is 5.81. The summed E-state index contributed by atoms with van der Waals surface area (Å²) in [7, 11) is 0. The highest BCUT2D eigenvalue weighted by Gasteiger charge is 2.28. The van der Waals surface area contributed by atoms with Crippen LogP contribution in [0.4, 0.5) is 0 Å². The molecule has 3 heteroatoms. The Morgan fingerprint density at radius 1 is 1.44 bits per heavy atom. The van der Waals surface area contributed by atoms with E-state index in [0.717, 1.165) is 12.8 Å². The summed E-state index contributed by atoms with van der Waals surface area (Å²) < 4.78 is 0. The number of fused-ring (bicyclic) bond motifs is 1. The van der Waals surface area contributed by atoms with Crippen molar-refractivity contribution in [3.63, 3.8) is 0 Å². The van der Waals surface area contributed by atoms with Gasteiger partial charge in [-0.2, -0.15) is 5.26 Å². The molecule has 0 bridgehead atoms. The number of nitrogens with zero attached hydrogens (tertiary/aromatic N) is 1. The van der Waals surface area contributed by atoms with Crippen molar-refractivity contribution in [1.82, 2.24) is 5.32 Å². The first kappa shape index (κ1) is 12.6. The summed E-state index contributed by atoms with van der Waals surface area (Å²) >= 11 is 0. The Bertz CT molecular complexity index is 488. The van der Waals surface area contributed by atoms with Gasteiger partial charge in [-0.1, -0.05) is 38.1 Å². The molecule has 3 nitrogen and oxygen atoms in total. The lowest BCUT2D eigenvalue weighted by Crippen LogP contribution is -2.34. The Morgan fingerprint density at radius 3 is 2.83 bits per heavy atom. The molecule has 1 aromatic rings. The number of amides is 1. The molecule has 0 spiro atoms. The fourth-order valence-electron chi connectivity index (χ4n) is 2.48. The number of carbonyl (C=O) groups excluding carboxylic acids is 1. The van der Waals surface area contributed by atoms with Crippen molar-refractivity contribution >= 4 is 5.91 Å². The summed E-state index contributed by atoms with van der Waals surface area (Å²) in [6.45, 7) is 3.80. The third-order valence-electron chi connectivity index (χ3n) is 3.54. The van der Waals surface area contributed by atoms with Crippen LogP contribution in [-0.4, -0.2) is 5.91 Å². The molecule has 0 saturated carbocycles. The number of rotatable bonds is 3. The Hall–Kier alpha value is -1.82. The molecule has 2 rings (SSSR count). The molecular weight excluding hydrogens is 224 g/mol. The number of carbonyl (C=O) groups is 1. The average molecular weight is 242 g/mol. The summed E-state index contributed by atoms with van der Waals surface area (Å²) in [5.41, 5.74) is 2.51. The molecule has 0 aliphatic heterocycles. The van der Waals surface area contributed by atoms with Crippen molar-refractivity contribution in [2.75, 3.05) is 0 Å². The van der Waals surface area contributed by atoms with E-state index in [4.69, 9.17) is 5.26 Å². The van der Waals surface area contributed by atoms with E-state index >= 15 is 0 Å². The van der Waals surface area contributed by atoms with Crippen LogP contribution in [0.5, 0.6) is 0 Å². The molecule has 1 N–H and O–H groups in total. The van der Waals surface area contributed by atoms with Crippen molar-refractivity contribution < 1.29 is 4.79 Å². The zero-order valence-corrected chi connectivity index (χ0v) is 10.8. The van der Waals surface area contributed by atoms with Gasteiger partial charge in [-0.15, -0.1) is 0 Å². The lowest BCUT2D eigenvalue weighted by atomic mass is 9.96. The molecule has 0 aromatic heterocycles. The molecule has 0 saturated heterocycles. The smallest absolute Gasteiger partial charge is 0.238 e. The summed E-state index contributed by atoms with van der Waals surface area (Å²) in [5, 5.41) is 12.0. The van der Waals surface area contributed by atoms with E-state index in [1.54, 1.807) is 0 Å². The lowest BCUT2D eigenvalue weighted by Gasteiger charge is -2.18. The maximum absolute atomic E-state index is 12.0. The van der Waals surface area contributed by atoms with E-state index in [0.29, 0.717) is 0 Å². The maximum atomic E-state index is 12.0. The van der Waals surface area contributed by atoms with Gasteiger partial charge < -0.3 is 5.32 Å². The Labute approximate surface area is 108 Å². The summed E-state index contributed by atoms with van der Waals surface area (Å²) in [6.07, 6.45) is 1.93. The Balaban J connectivity index is 2.08. The van der Waals surface area contributed by atoms with Crippen LogP contribution in [0.2, 0.25) is 0 Å². The van der Waals surface area contributed by atoms with E-state index in [9.17, 15) is 4.79 Å². The van der Waals surface area contributed by atoms with E-state index < -0.39 is 5.92 Å². The van der Waals surface area contributed by atoms with Crippen LogP contribution in [0.1, 0.15) is 37.4 Å². The first-order valence-corrected chi connectivity index (χ1v) is 6.41. The highest BCUT2D eigenvalue weighted by atomic mass is 16.1. The number of benzene rings is 1. The van der Waals surface area contributed by atoms with Crippen LogP contribution < -0.4 is 5.32 Å². The Kier molecular flexibility index (Phi) is 3.66. The minimum Gasteiger partial charge on any atom is -0.348 e. The quantitative estimate of drug-likeness (QED) is 0.885. The molecule has 2 unspecified atom stereocenters. The highest BCUT2D eigenvalue weighted by Crippen LogP contribution is 2.31. The normalized spacial score (nSPS) is 19.1. The van der Waals surface area contributed by atoms with E-state index in [-0.39, 0.29) is 17.9 Å². The van der Waals surface area contributed by atoms with E-state index in [1.807, 2.05) is 26.0 Å². The molecule has 94 valence electrons. The van der Waals surface area contributed by atoms with Crippen LogP contribution >= 0.6 is 0 Å². The van der Waals surface area contributed by atoms with Crippen LogP contribution in [-0.2, 0) is 11.2 Å². The fraction of sp³-hybridized carbons (Fsp3) is 0.467. The van der Waals surface area contributed by atoms with Gasteiger partial charge in [-0.05, 0) is 29.9 Å². The molecule has 1 aromatic carbocycles. The second-order valence-corrected chi connectivity index (χ2v) is 5.15. The third kappa shape index (κ3) is 2.38. The van der Waals surface area contributed by atoms with Crippen molar-refractivity contribution in [3.8, 4) is 6.07 Å². The van der Waals surface area contributed by atoms with E-state index in [1.165, 1.54) is 11.1 Å². The summed E-state index contributed by atoms with van der Waals surface area (Å²) in [6, 6.07) is 10.3. The molecule has 0 radical (unpaired) electrons. The van der Waals surface area contributed by atoms with Gasteiger partial charge in [-0.25, -0.2) is 0 Å². The molecular formula is C15H18N2O. The molecule has 1 aliphatic carbocycles. The minimum atomic E-state index is -0.558. The monoisotopic (exact) mass is 242 g/mol. The lowest BCUT2D eigenvalue weighted by molar-refractivity contribution is -0.125. The van der Waals surface area contributed by atoms with Gasteiger partial charge in [-0.3, -0.25) is 4.79 Å². The van der Waals surface area contributed by atoms with Crippen LogP contribution in [0.3, 0.4) is 0 Å². The predicted molar refractivity (Wildman–Crippen MR) is 69.6 cm³/mol. The maximum Gasteiger partial charge on any atom is 0.238 e. The van der Waals surface area contributed by atoms with Crippen molar-refractivity contribution in [3.05, 3.63) is 35.4 Å². The van der Waals surface area contributed by atoms with Gasteiger partial charge >= 0.3 is 0 Å². The van der Waals surface area contributed by atoms with Crippen molar-refractivity contribution in [2.24, 2.45) is 11.8 Å².